The van der Waals surface area contributed by atoms with Crippen molar-refractivity contribution < 1.29 is 4.42 Å². The highest BCUT2D eigenvalue weighted by Gasteiger charge is 2.28. The molecule has 4 nitrogen and oxygen atoms in total. The molecule has 1 aliphatic rings. The van der Waals surface area contributed by atoms with Crippen molar-refractivity contribution in [2.75, 3.05) is 0 Å². The molecule has 1 aliphatic carbocycles. The van der Waals surface area contributed by atoms with Crippen LogP contribution in [-0.4, -0.2) is 15.2 Å². The van der Waals surface area contributed by atoms with Crippen LogP contribution in [0.3, 0.4) is 0 Å². The van der Waals surface area contributed by atoms with E-state index in [1.807, 2.05) is 18.2 Å². The number of hydrogen-bond donors (Lipinski definition) is 1. The molecule has 21 heavy (non-hydrogen) atoms. The molecule has 0 bridgehead atoms. The van der Waals surface area contributed by atoms with Gasteiger partial charge >= 0.3 is 0 Å². The second-order valence-corrected chi connectivity index (χ2v) is 5.60. The zero-order valence-corrected chi connectivity index (χ0v) is 11.7. The van der Waals surface area contributed by atoms with E-state index >= 15 is 0 Å². The zero-order chi connectivity index (χ0) is 14.1. The maximum atomic E-state index is 5.63. The minimum absolute atomic E-state index is 0.168. The quantitative estimate of drug-likeness (QED) is 0.775. The predicted octanol–water partition coefficient (Wildman–Crippen LogP) is 3.65. The van der Waals surface area contributed by atoms with Gasteiger partial charge in [-0.1, -0.05) is 30.3 Å². The number of rotatable bonds is 5. The molecule has 4 rings (SSSR count). The van der Waals surface area contributed by atoms with Gasteiger partial charge in [0.1, 0.15) is 11.6 Å². The minimum Gasteiger partial charge on any atom is -0.469 e. The molecule has 1 N–H and O–H groups in total. The summed E-state index contributed by atoms with van der Waals surface area (Å²) in [4.78, 5) is 4.64. The van der Waals surface area contributed by atoms with Crippen molar-refractivity contribution in [3.8, 4) is 0 Å². The number of aromatic nitrogens is 3. The third-order valence-electron chi connectivity index (χ3n) is 3.98. The fourth-order valence-corrected chi connectivity index (χ4v) is 2.68. The number of hydrogen-bond acceptors (Lipinski definition) is 3. The van der Waals surface area contributed by atoms with Gasteiger partial charge in [-0.2, -0.15) is 5.10 Å². The molecule has 2 aromatic heterocycles. The highest BCUT2D eigenvalue weighted by atomic mass is 16.3. The summed E-state index contributed by atoms with van der Waals surface area (Å²) in [6.45, 7) is 0. The molecule has 0 radical (unpaired) electrons. The number of nitrogens with one attached hydrogen (secondary N) is 1. The van der Waals surface area contributed by atoms with E-state index in [2.05, 4.69) is 39.4 Å². The molecule has 1 unspecified atom stereocenters. The second kappa shape index (κ2) is 5.20. The Labute approximate surface area is 123 Å². The van der Waals surface area contributed by atoms with E-state index in [4.69, 9.17) is 4.42 Å². The minimum atomic E-state index is 0.168. The molecule has 3 aromatic rings. The Bertz CT molecular complexity index is 699. The average Bonchev–Trinajstić information content (AvgIpc) is 3.04. The van der Waals surface area contributed by atoms with Crippen LogP contribution in [0.25, 0.3) is 0 Å². The largest absolute Gasteiger partial charge is 0.469 e. The normalized spacial score (nSPS) is 16.0. The molecule has 2 heterocycles. The Morgan fingerprint density at radius 1 is 1.14 bits per heavy atom. The summed E-state index contributed by atoms with van der Waals surface area (Å²) in [6, 6.07) is 14.4. The molecule has 4 heteroatoms. The highest BCUT2D eigenvalue weighted by Crippen LogP contribution is 2.38. The SMILES string of the molecule is c1ccc(C(Cc2nc(C3CC3)n[nH]2)c2ccco2)cc1. The van der Waals surface area contributed by atoms with Crippen LogP contribution in [0, 0.1) is 0 Å². The van der Waals surface area contributed by atoms with Crippen molar-refractivity contribution in [3.05, 3.63) is 71.7 Å². The molecule has 0 amide bonds. The monoisotopic (exact) mass is 279 g/mol. The van der Waals surface area contributed by atoms with Crippen molar-refractivity contribution in [3.63, 3.8) is 0 Å². The van der Waals surface area contributed by atoms with E-state index in [9.17, 15) is 0 Å². The molecule has 0 spiro atoms. The maximum Gasteiger partial charge on any atom is 0.153 e. The Morgan fingerprint density at radius 2 is 2.00 bits per heavy atom. The predicted molar refractivity (Wildman–Crippen MR) is 79.1 cm³/mol. The standard InChI is InChI=1S/C17H17N3O/c1-2-5-12(6-3-1)14(15-7-4-10-21-15)11-16-18-17(20-19-16)13-8-9-13/h1-7,10,13-14H,8-9,11H2,(H,18,19,20). The van der Waals surface area contributed by atoms with Crippen LogP contribution in [0.5, 0.6) is 0 Å². The maximum absolute atomic E-state index is 5.63. The second-order valence-electron chi connectivity index (χ2n) is 5.60. The summed E-state index contributed by atoms with van der Waals surface area (Å²) in [5.41, 5.74) is 1.23. The van der Waals surface area contributed by atoms with Gasteiger partial charge in [0.2, 0.25) is 0 Å². The summed E-state index contributed by atoms with van der Waals surface area (Å²) in [7, 11) is 0. The molecule has 1 fully saturated rings. The van der Waals surface area contributed by atoms with E-state index in [0.717, 1.165) is 23.8 Å². The molecule has 1 saturated carbocycles. The van der Waals surface area contributed by atoms with Gasteiger partial charge in [-0.3, -0.25) is 5.10 Å². The van der Waals surface area contributed by atoms with Crippen molar-refractivity contribution in [1.82, 2.24) is 15.2 Å². The molecular formula is C17H17N3O. The number of nitrogens with zero attached hydrogens (tertiary/aromatic N) is 2. The van der Waals surface area contributed by atoms with Crippen molar-refractivity contribution in [1.29, 1.82) is 0 Å². The van der Waals surface area contributed by atoms with Gasteiger partial charge in [0, 0.05) is 18.3 Å². The lowest BCUT2D eigenvalue weighted by Gasteiger charge is -2.13. The molecule has 0 aliphatic heterocycles. The first-order valence-electron chi connectivity index (χ1n) is 7.39. The number of H-pyrrole nitrogens is 1. The van der Waals surface area contributed by atoms with Gasteiger partial charge in [0.05, 0.1) is 6.26 Å². The average molecular weight is 279 g/mol. The van der Waals surface area contributed by atoms with Gasteiger partial charge in [-0.25, -0.2) is 4.98 Å². The lowest BCUT2D eigenvalue weighted by Crippen LogP contribution is -2.05. The fraction of sp³-hybridized carbons (Fsp3) is 0.294. The van der Waals surface area contributed by atoms with Crippen molar-refractivity contribution in [2.24, 2.45) is 0 Å². The summed E-state index contributed by atoms with van der Waals surface area (Å²) >= 11 is 0. The van der Waals surface area contributed by atoms with Crippen molar-refractivity contribution in [2.45, 2.75) is 31.1 Å². The third-order valence-corrected chi connectivity index (χ3v) is 3.98. The van der Waals surface area contributed by atoms with Crippen LogP contribution in [-0.2, 0) is 6.42 Å². The molecule has 106 valence electrons. The summed E-state index contributed by atoms with van der Waals surface area (Å²) in [6.07, 6.45) is 4.94. The van der Waals surface area contributed by atoms with Crippen LogP contribution < -0.4 is 0 Å². The Hall–Kier alpha value is -2.36. The molecule has 0 saturated heterocycles. The molecular weight excluding hydrogens is 262 g/mol. The van der Waals surface area contributed by atoms with Crippen LogP contribution >= 0.6 is 0 Å². The summed E-state index contributed by atoms with van der Waals surface area (Å²) in [5, 5.41) is 7.43. The first kappa shape index (κ1) is 12.4. The lowest BCUT2D eigenvalue weighted by atomic mass is 9.93. The third kappa shape index (κ3) is 2.61. The van der Waals surface area contributed by atoms with Gasteiger partial charge in [0.25, 0.3) is 0 Å². The van der Waals surface area contributed by atoms with E-state index in [1.54, 1.807) is 6.26 Å². The lowest BCUT2D eigenvalue weighted by molar-refractivity contribution is 0.481. The summed E-state index contributed by atoms with van der Waals surface area (Å²) in [5.74, 6) is 3.61. The van der Waals surface area contributed by atoms with E-state index in [0.29, 0.717) is 5.92 Å². The highest BCUT2D eigenvalue weighted by molar-refractivity contribution is 5.28. The first-order chi connectivity index (χ1) is 10.4. The first-order valence-corrected chi connectivity index (χ1v) is 7.39. The fourth-order valence-electron chi connectivity index (χ4n) is 2.68. The van der Waals surface area contributed by atoms with E-state index in [1.165, 1.54) is 18.4 Å². The van der Waals surface area contributed by atoms with Crippen molar-refractivity contribution >= 4 is 0 Å². The van der Waals surface area contributed by atoms with Crippen LogP contribution in [0.4, 0.5) is 0 Å². The van der Waals surface area contributed by atoms with Crippen LogP contribution in [0.1, 0.15) is 47.6 Å². The summed E-state index contributed by atoms with van der Waals surface area (Å²) < 4.78 is 5.63. The van der Waals surface area contributed by atoms with Crippen LogP contribution in [0.2, 0.25) is 0 Å². The Kier molecular flexibility index (Phi) is 3.07. The molecule has 1 aromatic carbocycles. The molecule has 1 atom stereocenters. The number of furan rings is 1. The van der Waals surface area contributed by atoms with E-state index in [-0.39, 0.29) is 5.92 Å². The number of aromatic amines is 1. The van der Waals surface area contributed by atoms with Gasteiger partial charge in [-0.15, -0.1) is 0 Å². The van der Waals surface area contributed by atoms with Gasteiger partial charge in [0.15, 0.2) is 5.82 Å². The van der Waals surface area contributed by atoms with Gasteiger partial charge < -0.3 is 4.42 Å². The van der Waals surface area contributed by atoms with Crippen LogP contribution in [0.15, 0.2) is 53.1 Å². The Morgan fingerprint density at radius 3 is 2.71 bits per heavy atom. The topological polar surface area (TPSA) is 54.7 Å². The Balaban J connectivity index is 1.62. The van der Waals surface area contributed by atoms with Gasteiger partial charge in [-0.05, 0) is 30.5 Å². The smallest absolute Gasteiger partial charge is 0.153 e. The van der Waals surface area contributed by atoms with E-state index < -0.39 is 0 Å². The number of benzene rings is 1. The zero-order valence-electron chi connectivity index (χ0n) is 11.7.